The van der Waals surface area contributed by atoms with Gasteiger partial charge >= 0.3 is 0 Å². The summed E-state index contributed by atoms with van der Waals surface area (Å²) >= 11 is 5.87. The SMILES string of the molecule is OC(CC1CC1)c1cc(F)ccc1Cl. The van der Waals surface area contributed by atoms with E-state index < -0.39 is 6.10 Å². The van der Waals surface area contributed by atoms with E-state index in [0.29, 0.717) is 22.9 Å². The Morgan fingerprint density at radius 1 is 1.50 bits per heavy atom. The molecule has 0 spiro atoms. The minimum Gasteiger partial charge on any atom is -0.388 e. The first-order valence-electron chi connectivity index (χ1n) is 4.80. The van der Waals surface area contributed by atoms with Gasteiger partial charge in [-0.3, -0.25) is 0 Å². The zero-order valence-corrected chi connectivity index (χ0v) is 8.47. The highest BCUT2D eigenvalue weighted by Crippen LogP contribution is 2.39. The molecule has 0 amide bonds. The topological polar surface area (TPSA) is 20.2 Å². The monoisotopic (exact) mass is 214 g/mol. The van der Waals surface area contributed by atoms with Crippen LogP contribution < -0.4 is 0 Å². The van der Waals surface area contributed by atoms with E-state index >= 15 is 0 Å². The van der Waals surface area contributed by atoms with E-state index in [1.165, 1.54) is 31.0 Å². The highest BCUT2D eigenvalue weighted by Gasteiger charge is 2.26. The van der Waals surface area contributed by atoms with E-state index in [1.54, 1.807) is 0 Å². The number of halogens is 2. The highest BCUT2D eigenvalue weighted by molar-refractivity contribution is 6.31. The molecule has 0 radical (unpaired) electrons. The summed E-state index contributed by atoms with van der Waals surface area (Å²) in [5.41, 5.74) is 0.513. The van der Waals surface area contributed by atoms with Gasteiger partial charge in [0, 0.05) is 10.6 Å². The summed E-state index contributed by atoms with van der Waals surface area (Å²) < 4.78 is 12.9. The van der Waals surface area contributed by atoms with Gasteiger partial charge < -0.3 is 5.11 Å². The third kappa shape index (κ3) is 2.25. The number of hydrogen-bond acceptors (Lipinski definition) is 1. The molecule has 1 aliphatic carbocycles. The van der Waals surface area contributed by atoms with Crippen LogP contribution in [0.2, 0.25) is 5.02 Å². The van der Waals surface area contributed by atoms with Crippen LogP contribution in [0, 0.1) is 11.7 Å². The summed E-state index contributed by atoms with van der Waals surface area (Å²) in [5.74, 6) is 0.253. The molecule has 0 heterocycles. The van der Waals surface area contributed by atoms with Crippen molar-refractivity contribution in [1.82, 2.24) is 0 Å². The van der Waals surface area contributed by atoms with Crippen molar-refractivity contribution in [2.24, 2.45) is 5.92 Å². The maximum Gasteiger partial charge on any atom is 0.123 e. The molecule has 1 saturated carbocycles. The minimum atomic E-state index is -0.620. The van der Waals surface area contributed by atoms with Crippen molar-refractivity contribution in [1.29, 1.82) is 0 Å². The lowest BCUT2D eigenvalue weighted by molar-refractivity contribution is 0.160. The standard InChI is InChI=1S/C11H12ClFO/c12-10-4-3-8(13)6-9(10)11(14)5-7-1-2-7/h3-4,6-7,11,14H,1-2,5H2. The van der Waals surface area contributed by atoms with Crippen LogP contribution in [0.15, 0.2) is 18.2 Å². The van der Waals surface area contributed by atoms with Gasteiger partial charge in [0.15, 0.2) is 0 Å². The molecule has 0 aliphatic heterocycles. The molecule has 1 atom stereocenters. The molecule has 3 heteroatoms. The van der Waals surface area contributed by atoms with Crippen molar-refractivity contribution < 1.29 is 9.50 Å². The molecular weight excluding hydrogens is 203 g/mol. The predicted molar refractivity (Wildman–Crippen MR) is 53.7 cm³/mol. The van der Waals surface area contributed by atoms with E-state index in [9.17, 15) is 9.50 Å². The Hall–Kier alpha value is -0.600. The van der Waals surface area contributed by atoms with Gasteiger partial charge in [-0.15, -0.1) is 0 Å². The molecule has 1 unspecified atom stereocenters. The van der Waals surface area contributed by atoms with Crippen LogP contribution in [0.1, 0.15) is 30.9 Å². The number of aliphatic hydroxyl groups is 1. The average molecular weight is 215 g/mol. The first-order chi connectivity index (χ1) is 6.66. The predicted octanol–water partition coefficient (Wildman–Crippen LogP) is 3.31. The maximum atomic E-state index is 12.9. The van der Waals surface area contributed by atoms with Gasteiger partial charge in [-0.05, 0) is 30.5 Å². The normalized spacial score (nSPS) is 18.2. The molecule has 1 aromatic rings. The van der Waals surface area contributed by atoms with Crippen molar-refractivity contribution in [2.45, 2.75) is 25.4 Å². The van der Waals surface area contributed by atoms with Crippen LogP contribution in [-0.4, -0.2) is 5.11 Å². The number of rotatable bonds is 3. The Kier molecular flexibility index (Phi) is 2.75. The van der Waals surface area contributed by atoms with Gasteiger partial charge in [-0.1, -0.05) is 24.4 Å². The van der Waals surface area contributed by atoms with Gasteiger partial charge in [0.25, 0.3) is 0 Å². The smallest absolute Gasteiger partial charge is 0.123 e. The van der Waals surface area contributed by atoms with Crippen LogP contribution in [0.3, 0.4) is 0 Å². The second-order valence-electron chi connectivity index (χ2n) is 3.86. The van der Waals surface area contributed by atoms with Crippen LogP contribution in [0.25, 0.3) is 0 Å². The maximum absolute atomic E-state index is 12.9. The third-order valence-electron chi connectivity index (χ3n) is 2.57. The summed E-state index contributed by atoms with van der Waals surface area (Å²) in [5, 5.41) is 10.2. The van der Waals surface area contributed by atoms with E-state index in [0.717, 1.165) is 0 Å². The van der Waals surface area contributed by atoms with Crippen molar-refractivity contribution in [2.75, 3.05) is 0 Å². The Labute approximate surface area is 87.5 Å². The lowest BCUT2D eigenvalue weighted by Gasteiger charge is -2.11. The fourth-order valence-corrected chi connectivity index (χ4v) is 1.81. The molecular formula is C11H12ClFO. The Bertz CT molecular complexity index is 336. The van der Waals surface area contributed by atoms with Crippen LogP contribution in [-0.2, 0) is 0 Å². The van der Waals surface area contributed by atoms with Gasteiger partial charge in [0.05, 0.1) is 6.10 Å². The summed E-state index contributed by atoms with van der Waals surface area (Å²) in [6, 6.07) is 4.10. The first-order valence-corrected chi connectivity index (χ1v) is 5.17. The summed E-state index contributed by atoms with van der Waals surface area (Å²) in [4.78, 5) is 0. The van der Waals surface area contributed by atoms with E-state index in [4.69, 9.17) is 11.6 Å². The zero-order chi connectivity index (χ0) is 10.1. The molecule has 1 N–H and O–H groups in total. The van der Waals surface area contributed by atoms with Crippen LogP contribution in [0.5, 0.6) is 0 Å². The molecule has 0 saturated heterocycles. The van der Waals surface area contributed by atoms with Crippen molar-refractivity contribution >= 4 is 11.6 Å². The van der Waals surface area contributed by atoms with Gasteiger partial charge in [-0.2, -0.15) is 0 Å². The van der Waals surface area contributed by atoms with E-state index in [1.807, 2.05) is 0 Å². The largest absolute Gasteiger partial charge is 0.388 e. The molecule has 1 fully saturated rings. The molecule has 14 heavy (non-hydrogen) atoms. The summed E-state index contributed by atoms with van der Waals surface area (Å²) in [6.07, 6.45) is 2.42. The highest BCUT2D eigenvalue weighted by atomic mass is 35.5. The van der Waals surface area contributed by atoms with Gasteiger partial charge in [-0.25, -0.2) is 4.39 Å². The summed E-state index contributed by atoms with van der Waals surface area (Å²) in [6.45, 7) is 0. The zero-order valence-electron chi connectivity index (χ0n) is 7.71. The third-order valence-corrected chi connectivity index (χ3v) is 2.91. The Morgan fingerprint density at radius 2 is 2.21 bits per heavy atom. The lowest BCUT2D eigenvalue weighted by Crippen LogP contribution is -2.00. The van der Waals surface area contributed by atoms with Crippen LogP contribution >= 0.6 is 11.6 Å². The van der Waals surface area contributed by atoms with Crippen molar-refractivity contribution in [3.05, 3.63) is 34.6 Å². The quantitative estimate of drug-likeness (QED) is 0.819. The summed E-state index contributed by atoms with van der Waals surface area (Å²) in [7, 11) is 0. The number of benzene rings is 1. The molecule has 0 bridgehead atoms. The second kappa shape index (κ2) is 3.87. The molecule has 76 valence electrons. The van der Waals surface area contributed by atoms with Gasteiger partial charge in [0.1, 0.15) is 5.82 Å². The molecule has 1 aromatic carbocycles. The van der Waals surface area contributed by atoms with Crippen LogP contribution in [0.4, 0.5) is 4.39 Å². The lowest BCUT2D eigenvalue weighted by atomic mass is 10.0. The Balaban J connectivity index is 2.15. The first kappa shape index (κ1) is 9.94. The van der Waals surface area contributed by atoms with Crippen molar-refractivity contribution in [3.8, 4) is 0 Å². The molecule has 0 aromatic heterocycles. The van der Waals surface area contributed by atoms with Crippen molar-refractivity contribution in [3.63, 3.8) is 0 Å². The molecule has 1 nitrogen and oxygen atoms in total. The fourth-order valence-electron chi connectivity index (χ4n) is 1.57. The Morgan fingerprint density at radius 3 is 2.86 bits per heavy atom. The van der Waals surface area contributed by atoms with Gasteiger partial charge in [0.2, 0.25) is 0 Å². The molecule has 2 rings (SSSR count). The fraction of sp³-hybridized carbons (Fsp3) is 0.455. The average Bonchev–Trinajstić information content (AvgIpc) is 2.93. The van der Waals surface area contributed by atoms with E-state index in [-0.39, 0.29) is 5.82 Å². The minimum absolute atomic E-state index is 0.348. The second-order valence-corrected chi connectivity index (χ2v) is 4.27. The van der Waals surface area contributed by atoms with E-state index in [2.05, 4.69) is 0 Å². The molecule has 1 aliphatic rings. The number of aliphatic hydroxyl groups excluding tert-OH is 1. The number of hydrogen-bond donors (Lipinski definition) is 1.